The third kappa shape index (κ3) is 6.28. The van der Waals surface area contributed by atoms with Gasteiger partial charge in [-0.15, -0.1) is 0 Å². The molecule has 0 unspecified atom stereocenters. The minimum Gasteiger partial charge on any atom is -0.493 e. The summed E-state index contributed by atoms with van der Waals surface area (Å²) in [5, 5.41) is 15.2. The van der Waals surface area contributed by atoms with Crippen molar-refractivity contribution in [3.05, 3.63) is 59.7 Å². The van der Waals surface area contributed by atoms with Gasteiger partial charge in [-0.05, 0) is 36.1 Å². The van der Waals surface area contributed by atoms with Crippen LogP contribution < -0.4 is 14.8 Å². The quantitative estimate of drug-likeness (QED) is 0.453. The number of carbonyl (C=O) groups is 4. The van der Waals surface area contributed by atoms with Crippen molar-refractivity contribution in [2.24, 2.45) is 0 Å². The number of carbonyl (C=O) groups excluding carboxylic acids is 3. The molecule has 2 aliphatic heterocycles. The van der Waals surface area contributed by atoms with E-state index in [2.05, 4.69) is 5.32 Å². The molecule has 2 atom stereocenters. The summed E-state index contributed by atoms with van der Waals surface area (Å²) in [6.45, 7) is 0.566. The third-order valence-electron chi connectivity index (χ3n) is 7.18. The Morgan fingerprint density at radius 1 is 1.02 bits per heavy atom. The molecule has 2 fully saturated rings. The summed E-state index contributed by atoms with van der Waals surface area (Å²) >= 11 is 0. The number of hydrogen-bond acceptors (Lipinski definition) is 7. The van der Waals surface area contributed by atoms with Crippen LogP contribution in [0.2, 0.25) is 0 Å². The van der Waals surface area contributed by atoms with E-state index in [-0.39, 0.29) is 44.3 Å². The lowest BCUT2D eigenvalue weighted by Crippen LogP contribution is -2.76. The number of aliphatic carboxylic acids is 1. The number of piperazine rings is 1. The number of fused-ring (bicyclic) bond motifs is 1. The molecular weight excluding hydrogens is 518 g/mol. The first-order valence-corrected chi connectivity index (χ1v) is 13.1. The van der Waals surface area contributed by atoms with Crippen LogP contribution in [-0.2, 0) is 27.3 Å². The zero-order valence-electron chi connectivity index (χ0n) is 22.9. The van der Waals surface area contributed by atoms with Crippen molar-refractivity contribution in [1.82, 2.24) is 25.1 Å². The predicted octanol–water partition coefficient (Wildman–Crippen LogP) is 1.55. The number of carboxylic acid groups (broad SMARTS) is 1. The smallest absolute Gasteiger partial charge is 0.334 e. The number of hydrazine groups is 1. The normalized spacial score (nSPS) is 19.3. The van der Waals surface area contributed by atoms with Crippen LogP contribution in [0, 0.1) is 0 Å². The lowest BCUT2D eigenvalue weighted by molar-refractivity contribution is -0.187. The second-order valence-corrected chi connectivity index (χ2v) is 9.76. The Morgan fingerprint density at radius 2 is 1.75 bits per heavy atom. The Balaban J connectivity index is 1.57. The number of carboxylic acids is 1. The van der Waals surface area contributed by atoms with E-state index in [9.17, 15) is 24.3 Å². The zero-order chi connectivity index (χ0) is 28.8. The first-order valence-electron chi connectivity index (χ1n) is 13.1. The fraction of sp³-hybridized carbons (Fsp3) is 0.429. The van der Waals surface area contributed by atoms with Crippen LogP contribution in [0.4, 0.5) is 4.79 Å². The summed E-state index contributed by atoms with van der Waals surface area (Å²) in [7, 11) is 4.75. The molecule has 2 aromatic carbocycles. The van der Waals surface area contributed by atoms with E-state index < -0.39 is 24.2 Å². The van der Waals surface area contributed by atoms with Crippen LogP contribution in [0.1, 0.15) is 24.0 Å². The molecule has 2 aromatic rings. The van der Waals surface area contributed by atoms with Gasteiger partial charge < -0.3 is 29.7 Å². The topological polar surface area (TPSA) is 132 Å². The fourth-order valence-electron chi connectivity index (χ4n) is 5.20. The van der Waals surface area contributed by atoms with Gasteiger partial charge >= 0.3 is 12.0 Å². The second-order valence-electron chi connectivity index (χ2n) is 9.76. The molecule has 12 nitrogen and oxygen atoms in total. The molecule has 2 aliphatic rings. The van der Waals surface area contributed by atoms with Crippen molar-refractivity contribution in [2.45, 2.75) is 38.0 Å². The minimum atomic E-state index is -1.06. The molecule has 4 amide bonds. The van der Waals surface area contributed by atoms with Crippen molar-refractivity contribution >= 4 is 23.8 Å². The first-order chi connectivity index (χ1) is 19.2. The Labute approximate surface area is 233 Å². The molecule has 0 radical (unpaired) electrons. The summed E-state index contributed by atoms with van der Waals surface area (Å²) < 4.78 is 10.7. The highest BCUT2D eigenvalue weighted by Crippen LogP contribution is 2.30. The lowest BCUT2D eigenvalue weighted by atomic mass is 10.0. The van der Waals surface area contributed by atoms with Crippen molar-refractivity contribution in [2.75, 3.05) is 40.9 Å². The van der Waals surface area contributed by atoms with Gasteiger partial charge in [0.05, 0.1) is 27.3 Å². The zero-order valence-corrected chi connectivity index (χ0v) is 22.9. The van der Waals surface area contributed by atoms with Gasteiger partial charge in [-0.3, -0.25) is 14.4 Å². The highest BCUT2D eigenvalue weighted by Gasteiger charge is 2.50. The van der Waals surface area contributed by atoms with E-state index in [1.54, 1.807) is 37.2 Å². The molecule has 0 saturated carbocycles. The Bertz CT molecular complexity index is 1240. The summed E-state index contributed by atoms with van der Waals surface area (Å²) in [4.78, 5) is 54.6. The van der Waals surface area contributed by atoms with Gasteiger partial charge in [0.1, 0.15) is 12.2 Å². The van der Waals surface area contributed by atoms with E-state index in [0.29, 0.717) is 24.5 Å². The molecule has 2 saturated heterocycles. The van der Waals surface area contributed by atoms with Gasteiger partial charge in [0.15, 0.2) is 11.5 Å². The molecule has 0 bridgehead atoms. The molecule has 0 aromatic heterocycles. The van der Waals surface area contributed by atoms with Gasteiger partial charge in [0.25, 0.3) is 0 Å². The Kier molecular flexibility index (Phi) is 9.10. The number of nitrogens with zero attached hydrogens (tertiary/aromatic N) is 4. The lowest BCUT2D eigenvalue weighted by Gasteiger charge is -2.54. The SMILES string of the molecule is COc1ccc(CCN2C[C@H]3N(C(=O)CN(C)N3C(=O)NCc3ccccc3)[C@@H](CCC(=O)O)C2=O)cc1OC. The molecule has 4 rings (SSSR count). The van der Waals surface area contributed by atoms with Crippen LogP contribution in [0.25, 0.3) is 0 Å². The number of urea groups is 1. The van der Waals surface area contributed by atoms with Crippen molar-refractivity contribution in [3.8, 4) is 11.5 Å². The highest BCUT2D eigenvalue weighted by atomic mass is 16.5. The van der Waals surface area contributed by atoms with E-state index in [4.69, 9.17) is 9.47 Å². The molecule has 2 N–H and O–H groups in total. The van der Waals surface area contributed by atoms with Gasteiger partial charge in [-0.25, -0.2) is 14.8 Å². The maximum absolute atomic E-state index is 13.6. The minimum absolute atomic E-state index is 0.0492. The number of rotatable bonds is 10. The third-order valence-corrected chi connectivity index (χ3v) is 7.18. The molecular formula is C28H35N5O7. The van der Waals surface area contributed by atoms with E-state index in [0.717, 1.165) is 11.1 Å². The fourth-order valence-corrected chi connectivity index (χ4v) is 5.20. The van der Waals surface area contributed by atoms with Crippen molar-refractivity contribution in [3.63, 3.8) is 0 Å². The number of nitrogens with one attached hydrogen (secondary N) is 1. The summed E-state index contributed by atoms with van der Waals surface area (Å²) in [5.74, 6) is -0.573. The van der Waals surface area contributed by atoms with E-state index in [1.165, 1.54) is 9.91 Å². The molecule has 12 heteroatoms. The maximum Gasteiger partial charge on any atom is 0.334 e. The largest absolute Gasteiger partial charge is 0.493 e. The van der Waals surface area contributed by atoms with Crippen LogP contribution >= 0.6 is 0 Å². The van der Waals surface area contributed by atoms with Gasteiger partial charge in [-0.2, -0.15) is 0 Å². The monoisotopic (exact) mass is 553 g/mol. The maximum atomic E-state index is 13.6. The number of benzene rings is 2. The number of likely N-dealkylation sites (N-methyl/N-ethyl adjacent to an activating group) is 1. The Morgan fingerprint density at radius 3 is 2.42 bits per heavy atom. The van der Waals surface area contributed by atoms with Gasteiger partial charge in [0.2, 0.25) is 11.8 Å². The average Bonchev–Trinajstić information content (AvgIpc) is 2.94. The Hall–Kier alpha value is -4.32. The average molecular weight is 554 g/mol. The number of amides is 4. The van der Waals surface area contributed by atoms with E-state index in [1.807, 2.05) is 42.5 Å². The van der Waals surface area contributed by atoms with Crippen LogP contribution in [0.15, 0.2) is 48.5 Å². The summed E-state index contributed by atoms with van der Waals surface area (Å²) in [6.07, 6.45) is -0.642. The number of hydrogen-bond donors (Lipinski definition) is 2. The van der Waals surface area contributed by atoms with Crippen molar-refractivity contribution < 1.29 is 33.8 Å². The highest BCUT2D eigenvalue weighted by molar-refractivity contribution is 5.91. The predicted molar refractivity (Wildman–Crippen MR) is 144 cm³/mol. The number of methoxy groups -OCH3 is 2. The molecule has 0 aliphatic carbocycles. The second kappa shape index (κ2) is 12.7. The molecule has 0 spiro atoms. The van der Waals surface area contributed by atoms with Crippen LogP contribution in [0.3, 0.4) is 0 Å². The summed E-state index contributed by atoms with van der Waals surface area (Å²) in [5.41, 5.74) is 1.82. The standard InChI is InChI=1S/C28H35N5O7/c1-30-18-25(34)32-21(10-12-26(35)36)27(37)31(14-13-19-9-11-22(39-2)23(15-19)40-3)17-24(32)33(30)28(38)29-16-20-7-5-4-6-8-20/h4-9,11,15,21,24H,10,12-14,16-18H2,1-3H3,(H,29,38)(H,35,36)/t21-,24-/m0/s1. The van der Waals surface area contributed by atoms with Crippen molar-refractivity contribution in [1.29, 1.82) is 0 Å². The molecule has 2 heterocycles. The van der Waals surface area contributed by atoms with Gasteiger partial charge in [0, 0.05) is 26.6 Å². The van der Waals surface area contributed by atoms with E-state index >= 15 is 0 Å². The molecule has 214 valence electrons. The first kappa shape index (κ1) is 28.7. The van der Waals surface area contributed by atoms with Gasteiger partial charge in [-0.1, -0.05) is 36.4 Å². The molecule has 40 heavy (non-hydrogen) atoms. The number of ether oxygens (including phenoxy) is 2. The van der Waals surface area contributed by atoms with Crippen LogP contribution in [0.5, 0.6) is 11.5 Å². The van der Waals surface area contributed by atoms with Crippen LogP contribution in [-0.4, -0.2) is 102 Å². The summed E-state index contributed by atoms with van der Waals surface area (Å²) in [6, 6.07) is 13.5.